The Kier molecular flexibility index (Phi) is 5.03. The van der Waals surface area contributed by atoms with Gasteiger partial charge in [0.2, 0.25) is 0 Å². The van der Waals surface area contributed by atoms with E-state index in [1.54, 1.807) is 11.2 Å². The second-order valence-electron chi connectivity index (χ2n) is 4.95. The van der Waals surface area contributed by atoms with Crippen molar-refractivity contribution in [2.45, 2.75) is 38.1 Å². The molecule has 2 N–H and O–H groups in total. The highest BCUT2D eigenvalue weighted by atomic mass is 16.4. The first-order chi connectivity index (χ1) is 9.68. The molecule has 1 aliphatic rings. The van der Waals surface area contributed by atoms with Crippen molar-refractivity contribution in [1.29, 1.82) is 0 Å². The van der Waals surface area contributed by atoms with Gasteiger partial charge in [0, 0.05) is 13.1 Å². The van der Waals surface area contributed by atoms with Gasteiger partial charge >= 0.3 is 12.0 Å². The first-order valence-corrected chi connectivity index (χ1v) is 6.98. The Labute approximate surface area is 117 Å². The van der Waals surface area contributed by atoms with E-state index < -0.39 is 5.97 Å². The molecule has 0 aromatic carbocycles. The quantitative estimate of drug-likeness (QED) is 0.887. The molecule has 6 nitrogen and oxygen atoms in total. The molecule has 110 valence electrons. The number of nitrogens with one attached hydrogen (secondary N) is 1. The van der Waals surface area contributed by atoms with E-state index in [4.69, 9.17) is 9.52 Å². The minimum Gasteiger partial charge on any atom is -0.481 e. The van der Waals surface area contributed by atoms with Crippen molar-refractivity contribution < 1.29 is 19.1 Å². The van der Waals surface area contributed by atoms with Crippen LogP contribution in [0.25, 0.3) is 0 Å². The molecular weight excluding hydrogens is 260 g/mol. The second-order valence-corrected chi connectivity index (χ2v) is 4.95. The van der Waals surface area contributed by atoms with E-state index >= 15 is 0 Å². The average molecular weight is 280 g/mol. The molecule has 0 saturated carbocycles. The lowest BCUT2D eigenvalue weighted by Crippen LogP contribution is -2.42. The van der Waals surface area contributed by atoms with E-state index in [1.807, 2.05) is 12.1 Å². The summed E-state index contributed by atoms with van der Waals surface area (Å²) in [6, 6.07) is 3.43. The minimum atomic E-state index is -0.913. The van der Waals surface area contributed by atoms with Gasteiger partial charge in [-0.05, 0) is 25.0 Å². The van der Waals surface area contributed by atoms with Crippen molar-refractivity contribution in [3.05, 3.63) is 24.2 Å². The van der Waals surface area contributed by atoms with E-state index in [1.165, 1.54) is 0 Å². The lowest BCUT2D eigenvalue weighted by Gasteiger charge is -2.28. The number of carboxylic acid groups (broad SMARTS) is 1. The molecule has 2 rings (SSSR count). The highest BCUT2D eigenvalue weighted by Crippen LogP contribution is 2.30. The predicted octanol–water partition coefficient (Wildman–Crippen LogP) is 2.38. The van der Waals surface area contributed by atoms with Gasteiger partial charge in [-0.2, -0.15) is 0 Å². The summed E-state index contributed by atoms with van der Waals surface area (Å²) < 4.78 is 5.44. The molecule has 0 radical (unpaired) electrons. The molecule has 1 aromatic rings. The summed E-state index contributed by atoms with van der Waals surface area (Å²) in [6.45, 7) is 0.819. The fraction of sp³-hybridized carbons (Fsp3) is 0.571. The third kappa shape index (κ3) is 3.76. The van der Waals surface area contributed by atoms with E-state index in [0.717, 1.165) is 31.4 Å². The summed E-state index contributed by atoms with van der Waals surface area (Å²) >= 11 is 0. The molecule has 2 heterocycles. The van der Waals surface area contributed by atoms with E-state index in [-0.39, 0.29) is 25.0 Å². The van der Waals surface area contributed by atoms with E-state index in [2.05, 4.69) is 5.32 Å². The Morgan fingerprint density at radius 3 is 2.95 bits per heavy atom. The highest BCUT2D eigenvalue weighted by Gasteiger charge is 2.28. The number of likely N-dealkylation sites (tertiary alicyclic amines) is 1. The van der Waals surface area contributed by atoms with Crippen molar-refractivity contribution in [2.24, 2.45) is 0 Å². The average Bonchev–Trinajstić information content (AvgIpc) is 2.82. The van der Waals surface area contributed by atoms with Crippen molar-refractivity contribution >= 4 is 12.0 Å². The van der Waals surface area contributed by atoms with Gasteiger partial charge in [-0.1, -0.05) is 12.8 Å². The van der Waals surface area contributed by atoms with Crippen molar-refractivity contribution in [3.8, 4) is 0 Å². The standard InChI is InChI=1S/C14H20N2O4/c17-13(18)7-8-15-14(19)16-9-3-1-2-5-11(16)12-6-4-10-20-12/h4,6,10-11H,1-3,5,7-9H2,(H,15,19)(H,17,18). The van der Waals surface area contributed by atoms with Crippen molar-refractivity contribution in [1.82, 2.24) is 10.2 Å². The van der Waals surface area contributed by atoms with Crippen molar-refractivity contribution in [3.63, 3.8) is 0 Å². The Hall–Kier alpha value is -1.98. The summed E-state index contributed by atoms with van der Waals surface area (Å²) in [4.78, 5) is 24.5. The molecule has 1 unspecified atom stereocenters. The Morgan fingerprint density at radius 1 is 1.40 bits per heavy atom. The third-order valence-electron chi connectivity index (χ3n) is 3.50. The minimum absolute atomic E-state index is 0.0580. The van der Waals surface area contributed by atoms with Gasteiger partial charge in [0.05, 0.1) is 18.7 Å². The number of furan rings is 1. The van der Waals surface area contributed by atoms with Crippen LogP contribution in [-0.2, 0) is 4.79 Å². The number of hydrogen-bond acceptors (Lipinski definition) is 3. The fourth-order valence-corrected chi connectivity index (χ4v) is 2.51. The molecule has 1 aromatic heterocycles. The van der Waals surface area contributed by atoms with Gasteiger partial charge in [-0.15, -0.1) is 0 Å². The van der Waals surface area contributed by atoms with Gasteiger partial charge in [0.1, 0.15) is 5.76 Å². The zero-order valence-electron chi connectivity index (χ0n) is 11.4. The normalized spacial score (nSPS) is 19.4. The fourth-order valence-electron chi connectivity index (χ4n) is 2.51. The molecule has 6 heteroatoms. The van der Waals surface area contributed by atoms with Crippen LogP contribution in [0.5, 0.6) is 0 Å². The van der Waals surface area contributed by atoms with Crippen LogP contribution >= 0.6 is 0 Å². The van der Waals surface area contributed by atoms with Crippen LogP contribution in [0, 0.1) is 0 Å². The first-order valence-electron chi connectivity index (χ1n) is 6.98. The van der Waals surface area contributed by atoms with Crippen molar-refractivity contribution in [2.75, 3.05) is 13.1 Å². The lowest BCUT2D eigenvalue weighted by molar-refractivity contribution is -0.136. The zero-order valence-corrected chi connectivity index (χ0v) is 11.4. The SMILES string of the molecule is O=C(O)CCNC(=O)N1CCCCCC1c1ccco1. The van der Waals surface area contributed by atoms with Crippen LogP contribution in [0.4, 0.5) is 4.79 Å². The number of carboxylic acids is 1. The maximum absolute atomic E-state index is 12.2. The maximum Gasteiger partial charge on any atom is 0.318 e. The highest BCUT2D eigenvalue weighted by molar-refractivity contribution is 5.75. The smallest absolute Gasteiger partial charge is 0.318 e. The Morgan fingerprint density at radius 2 is 2.25 bits per heavy atom. The number of amides is 2. The summed E-state index contributed by atoms with van der Waals surface area (Å²) in [6.07, 6.45) is 5.54. The summed E-state index contributed by atoms with van der Waals surface area (Å²) in [5.74, 6) is -0.121. The number of aliphatic carboxylic acids is 1. The number of carbonyl (C=O) groups excluding carboxylic acids is 1. The second kappa shape index (κ2) is 6.98. The summed E-state index contributed by atoms with van der Waals surface area (Å²) in [5.41, 5.74) is 0. The largest absolute Gasteiger partial charge is 0.481 e. The van der Waals surface area contributed by atoms with Gasteiger partial charge in [0.15, 0.2) is 0 Å². The van der Waals surface area contributed by atoms with Crippen LogP contribution in [0.1, 0.15) is 43.9 Å². The molecule has 2 amide bonds. The zero-order chi connectivity index (χ0) is 14.4. The molecule has 1 aliphatic heterocycles. The predicted molar refractivity (Wildman–Crippen MR) is 72.3 cm³/mol. The van der Waals surface area contributed by atoms with Gasteiger partial charge in [-0.25, -0.2) is 4.79 Å². The lowest BCUT2D eigenvalue weighted by atomic mass is 10.1. The van der Waals surface area contributed by atoms with E-state index in [0.29, 0.717) is 6.54 Å². The van der Waals surface area contributed by atoms with Gasteiger partial charge < -0.3 is 19.7 Å². The molecule has 0 spiro atoms. The van der Waals surface area contributed by atoms with E-state index in [9.17, 15) is 9.59 Å². The van der Waals surface area contributed by atoms with Gasteiger partial charge in [0.25, 0.3) is 0 Å². The Bertz CT molecular complexity index is 444. The molecule has 0 bridgehead atoms. The number of nitrogens with zero attached hydrogens (tertiary/aromatic N) is 1. The first kappa shape index (κ1) is 14.4. The molecular formula is C14H20N2O4. The number of rotatable bonds is 4. The molecule has 0 aliphatic carbocycles. The number of hydrogen-bond donors (Lipinski definition) is 2. The molecule has 20 heavy (non-hydrogen) atoms. The van der Waals surface area contributed by atoms with Crippen LogP contribution in [0.2, 0.25) is 0 Å². The summed E-state index contributed by atoms with van der Waals surface area (Å²) in [5, 5.41) is 11.3. The maximum atomic E-state index is 12.2. The molecule has 1 atom stereocenters. The topological polar surface area (TPSA) is 82.8 Å². The molecule has 1 fully saturated rings. The van der Waals surface area contributed by atoms with Crippen LogP contribution in [0.15, 0.2) is 22.8 Å². The number of urea groups is 1. The van der Waals surface area contributed by atoms with Crippen LogP contribution in [-0.4, -0.2) is 35.1 Å². The Balaban J connectivity index is 2.00. The van der Waals surface area contributed by atoms with Crippen LogP contribution < -0.4 is 5.32 Å². The summed E-state index contributed by atoms with van der Waals surface area (Å²) in [7, 11) is 0. The third-order valence-corrected chi connectivity index (χ3v) is 3.50. The number of carbonyl (C=O) groups is 2. The van der Waals surface area contributed by atoms with Crippen LogP contribution in [0.3, 0.4) is 0 Å². The monoisotopic (exact) mass is 280 g/mol. The molecule has 1 saturated heterocycles. The van der Waals surface area contributed by atoms with Gasteiger partial charge in [-0.3, -0.25) is 4.79 Å².